The first kappa shape index (κ1) is 20.9. The summed E-state index contributed by atoms with van der Waals surface area (Å²) in [4.78, 5) is 16.2. The van der Waals surface area contributed by atoms with Crippen LogP contribution in [0.25, 0.3) is 0 Å². The highest BCUT2D eigenvalue weighted by molar-refractivity contribution is 7.89. The second-order valence-corrected chi connectivity index (χ2v) is 10.2. The van der Waals surface area contributed by atoms with Crippen LogP contribution >= 0.6 is 0 Å². The van der Waals surface area contributed by atoms with Crippen molar-refractivity contribution >= 4 is 27.3 Å². The lowest BCUT2D eigenvalue weighted by molar-refractivity contribution is -0.116. The maximum atomic E-state index is 13.4. The number of rotatable bonds is 3. The lowest BCUT2D eigenvalue weighted by Gasteiger charge is -2.40. The molecule has 0 aromatic heterocycles. The number of hydrogen-bond acceptors (Lipinski definition) is 4. The predicted molar refractivity (Wildman–Crippen MR) is 120 cm³/mol. The third kappa shape index (κ3) is 3.84. The normalized spacial score (nSPS) is 20.2. The largest absolute Gasteiger partial charge is 0.366 e. The maximum absolute atomic E-state index is 13.4. The molecule has 0 bridgehead atoms. The van der Waals surface area contributed by atoms with Gasteiger partial charge in [-0.15, -0.1) is 0 Å². The van der Waals surface area contributed by atoms with Crippen LogP contribution < -0.4 is 9.80 Å². The number of carbonyl (C=O) groups is 1. The van der Waals surface area contributed by atoms with E-state index >= 15 is 0 Å². The van der Waals surface area contributed by atoms with Crippen molar-refractivity contribution in [2.24, 2.45) is 0 Å². The average molecular weight is 428 g/mol. The second kappa shape index (κ2) is 8.04. The number of hydrogen-bond donors (Lipinski definition) is 0. The van der Waals surface area contributed by atoms with Gasteiger partial charge in [-0.3, -0.25) is 4.79 Å². The molecular formula is C23H29N3O3S. The summed E-state index contributed by atoms with van der Waals surface area (Å²) in [5.41, 5.74) is 4.11. The number of fused-ring (bicyclic) bond motifs is 1. The lowest BCUT2D eigenvalue weighted by Crippen LogP contribution is -2.53. The van der Waals surface area contributed by atoms with Crippen molar-refractivity contribution in [2.45, 2.75) is 44.6 Å². The van der Waals surface area contributed by atoms with E-state index in [-0.39, 0.29) is 11.9 Å². The Morgan fingerprint density at radius 2 is 1.87 bits per heavy atom. The SMILES string of the molecule is CC(=O)N1CCCc2cc(S(=O)(=O)N3CCN(c4cccc(C)c4)C(C)C3)ccc21. The topological polar surface area (TPSA) is 60.9 Å². The van der Waals surface area contributed by atoms with E-state index in [2.05, 4.69) is 36.9 Å². The zero-order valence-corrected chi connectivity index (χ0v) is 18.7. The van der Waals surface area contributed by atoms with Gasteiger partial charge >= 0.3 is 0 Å². The van der Waals surface area contributed by atoms with Crippen LogP contribution in [-0.4, -0.2) is 50.9 Å². The molecule has 1 fully saturated rings. The van der Waals surface area contributed by atoms with Crippen LogP contribution in [0.2, 0.25) is 0 Å². The third-order valence-corrected chi connectivity index (χ3v) is 7.97. The molecule has 6 nitrogen and oxygen atoms in total. The molecule has 160 valence electrons. The van der Waals surface area contributed by atoms with Crippen molar-refractivity contribution in [1.29, 1.82) is 0 Å². The molecule has 30 heavy (non-hydrogen) atoms. The molecule has 1 saturated heterocycles. The van der Waals surface area contributed by atoms with E-state index < -0.39 is 10.0 Å². The summed E-state index contributed by atoms with van der Waals surface area (Å²) in [5.74, 6) is -0.00680. The van der Waals surface area contributed by atoms with Crippen molar-refractivity contribution in [3.8, 4) is 0 Å². The van der Waals surface area contributed by atoms with Crippen LogP contribution in [0.4, 0.5) is 11.4 Å². The van der Waals surface area contributed by atoms with Crippen molar-refractivity contribution in [1.82, 2.24) is 4.31 Å². The van der Waals surface area contributed by atoms with Gasteiger partial charge in [0.05, 0.1) is 4.90 Å². The predicted octanol–water partition coefficient (Wildman–Crippen LogP) is 3.19. The number of sulfonamides is 1. The maximum Gasteiger partial charge on any atom is 0.243 e. The fourth-order valence-electron chi connectivity index (χ4n) is 4.54. The molecular weight excluding hydrogens is 398 g/mol. The van der Waals surface area contributed by atoms with Crippen LogP contribution in [0.15, 0.2) is 47.4 Å². The van der Waals surface area contributed by atoms with Gasteiger partial charge in [0.1, 0.15) is 0 Å². The lowest BCUT2D eigenvalue weighted by atomic mass is 10.0. The van der Waals surface area contributed by atoms with Gasteiger partial charge in [-0.2, -0.15) is 4.31 Å². The van der Waals surface area contributed by atoms with Crippen molar-refractivity contribution in [3.05, 3.63) is 53.6 Å². The highest BCUT2D eigenvalue weighted by Crippen LogP contribution is 2.31. The first-order chi connectivity index (χ1) is 14.3. The molecule has 7 heteroatoms. The molecule has 0 saturated carbocycles. The average Bonchev–Trinajstić information content (AvgIpc) is 2.72. The highest BCUT2D eigenvalue weighted by atomic mass is 32.2. The molecule has 1 amide bonds. The van der Waals surface area contributed by atoms with Crippen molar-refractivity contribution in [2.75, 3.05) is 36.0 Å². The number of aryl methyl sites for hydroxylation is 2. The number of carbonyl (C=O) groups excluding carboxylic acids is 1. The van der Waals surface area contributed by atoms with Gasteiger partial charge in [0.2, 0.25) is 15.9 Å². The third-order valence-electron chi connectivity index (χ3n) is 6.11. The summed E-state index contributed by atoms with van der Waals surface area (Å²) in [7, 11) is -3.58. The molecule has 0 spiro atoms. The zero-order valence-electron chi connectivity index (χ0n) is 17.8. The van der Waals surface area contributed by atoms with Crippen LogP contribution in [0.1, 0.15) is 31.4 Å². The van der Waals surface area contributed by atoms with Gasteiger partial charge in [-0.05, 0) is 68.1 Å². The summed E-state index contributed by atoms with van der Waals surface area (Å²) in [5, 5.41) is 0. The summed E-state index contributed by atoms with van der Waals surface area (Å²) in [6.45, 7) is 7.94. The standard InChI is InChI=1S/C23H29N3O3S/c1-17-6-4-8-21(14-17)25-13-12-24(16-18(25)2)30(28,29)22-9-10-23-20(15-22)7-5-11-26(23)19(3)27/h4,6,8-10,14-15,18H,5,7,11-13,16H2,1-3H3. The molecule has 2 aliphatic heterocycles. The summed E-state index contributed by atoms with van der Waals surface area (Å²) in [6, 6.07) is 13.6. The molecule has 4 rings (SSSR count). The van der Waals surface area contributed by atoms with Crippen LogP contribution in [0, 0.1) is 6.92 Å². The fraction of sp³-hybridized carbons (Fsp3) is 0.435. The van der Waals surface area contributed by atoms with Crippen LogP contribution in [-0.2, 0) is 21.2 Å². The number of amides is 1. The number of benzene rings is 2. The molecule has 2 aromatic carbocycles. The first-order valence-electron chi connectivity index (χ1n) is 10.5. The second-order valence-electron chi connectivity index (χ2n) is 8.31. The van der Waals surface area contributed by atoms with E-state index in [1.165, 1.54) is 5.56 Å². The minimum Gasteiger partial charge on any atom is -0.366 e. The Hall–Kier alpha value is -2.38. The zero-order chi connectivity index (χ0) is 21.5. The number of anilines is 2. The van der Waals surface area contributed by atoms with Gasteiger partial charge in [0.25, 0.3) is 0 Å². The number of piperazine rings is 1. The van der Waals surface area contributed by atoms with Gasteiger partial charge in [0, 0.05) is 50.5 Å². The minimum atomic E-state index is -3.58. The van der Waals surface area contributed by atoms with E-state index in [1.807, 2.05) is 6.07 Å². The van der Waals surface area contributed by atoms with Crippen molar-refractivity contribution in [3.63, 3.8) is 0 Å². The molecule has 2 aromatic rings. The fourth-order valence-corrected chi connectivity index (χ4v) is 6.11. The van der Waals surface area contributed by atoms with Gasteiger partial charge in [-0.25, -0.2) is 8.42 Å². The molecule has 1 atom stereocenters. The van der Waals surface area contributed by atoms with Gasteiger partial charge in [0.15, 0.2) is 0 Å². The van der Waals surface area contributed by atoms with Crippen molar-refractivity contribution < 1.29 is 13.2 Å². The molecule has 0 radical (unpaired) electrons. The highest BCUT2D eigenvalue weighted by Gasteiger charge is 2.33. The Balaban J connectivity index is 1.55. The van der Waals surface area contributed by atoms with Gasteiger partial charge in [-0.1, -0.05) is 12.1 Å². The Morgan fingerprint density at radius 3 is 2.57 bits per heavy atom. The van der Waals surface area contributed by atoms with Crippen LogP contribution in [0.5, 0.6) is 0 Å². The molecule has 0 N–H and O–H groups in total. The van der Waals surface area contributed by atoms with E-state index in [0.717, 1.165) is 29.8 Å². The Bertz CT molecular complexity index is 1070. The Kier molecular flexibility index (Phi) is 5.59. The quantitative estimate of drug-likeness (QED) is 0.755. The van der Waals surface area contributed by atoms with E-state index in [9.17, 15) is 13.2 Å². The summed E-state index contributed by atoms with van der Waals surface area (Å²) < 4.78 is 28.3. The number of nitrogens with zero attached hydrogens (tertiary/aromatic N) is 3. The van der Waals surface area contributed by atoms with Gasteiger partial charge < -0.3 is 9.80 Å². The van der Waals surface area contributed by atoms with E-state index in [4.69, 9.17) is 0 Å². The summed E-state index contributed by atoms with van der Waals surface area (Å²) in [6.07, 6.45) is 1.64. The first-order valence-corrected chi connectivity index (χ1v) is 12.0. The monoisotopic (exact) mass is 427 g/mol. The molecule has 1 unspecified atom stereocenters. The van der Waals surface area contributed by atoms with Crippen LogP contribution in [0.3, 0.4) is 0 Å². The molecule has 2 heterocycles. The van der Waals surface area contributed by atoms with E-state index in [1.54, 1.807) is 34.3 Å². The molecule has 0 aliphatic carbocycles. The Morgan fingerprint density at radius 1 is 1.07 bits per heavy atom. The minimum absolute atomic E-state index is 0.00680. The summed E-state index contributed by atoms with van der Waals surface area (Å²) >= 11 is 0. The smallest absolute Gasteiger partial charge is 0.243 e. The Labute approximate surface area is 179 Å². The van der Waals surface area contributed by atoms with E-state index in [0.29, 0.717) is 31.1 Å². The molecule has 2 aliphatic rings.